The lowest BCUT2D eigenvalue weighted by atomic mass is 10.2. The average Bonchev–Trinajstić information content (AvgIpc) is 3.26. The molecule has 1 aromatic heterocycles. The van der Waals surface area contributed by atoms with Gasteiger partial charge in [0.15, 0.2) is 0 Å². The van der Waals surface area contributed by atoms with Crippen LogP contribution in [0.25, 0.3) is 0 Å². The smallest absolute Gasteiger partial charge is 0.267 e. The number of aryl methyl sites for hydroxylation is 1. The molecule has 1 aromatic carbocycles. The van der Waals surface area contributed by atoms with Gasteiger partial charge < -0.3 is 9.64 Å². The van der Waals surface area contributed by atoms with Gasteiger partial charge in [-0.25, -0.2) is 12.4 Å². The molecule has 1 aliphatic rings. The van der Waals surface area contributed by atoms with Crippen molar-refractivity contribution in [3.63, 3.8) is 0 Å². The fourth-order valence-electron chi connectivity index (χ4n) is 3.11. The lowest BCUT2D eigenvalue weighted by Gasteiger charge is -2.25. The van der Waals surface area contributed by atoms with Crippen molar-refractivity contribution in [1.29, 1.82) is 0 Å². The molecule has 1 atom stereocenters. The standard InChI is InChI=1S/C20H26N2O4S2/c1-15(2)26-13-5-11-21-19(23)14-27-20(21)18-6-4-12-22(18)28(24,25)17-9-7-16(3)8-10-17/h4,6-10,12,15,20H,5,11,13-14H2,1-3H3. The molecule has 2 heterocycles. The summed E-state index contributed by atoms with van der Waals surface area (Å²) in [5, 5.41) is -0.318. The number of nitrogens with zero attached hydrogens (tertiary/aromatic N) is 2. The van der Waals surface area contributed by atoms with Crippen molar-refractivity contribution >= 4 is 27.7 Å². The minimum atomic E-state index is -3.72. The summed E-state index contributed by atoms with van der Waals surface area (Å²) < 4.78 is 33.1. The quantitative estimate of drug-likeness (QED) is 0.610. The van der Waals surface area contributed by atoms with Crippen molar-refractivity contribution in [2.24, 2.45) is 0 Å². The Morgan fingerprint density at radius 1 is 1.21 bits per heavy atom. The van der Waals surface area contributed by atoms with Gasteiger partial charge in [0.25, 0.3) is 10.0 Å². The van der Waals surface area contributed by atoms with Crippen LogP contribution in [-0.2, 0) is 19.6 Å². The molecular formula is C20H26N2O4S2. The van der Waals surface area contributed by atoms with E-state index < -0.39 is 10.0 Å². The first kappa shape index (κ1) is 21.0. The Bertz CT molecular complexity index is 920. The number of rotatable bonds is 8. The predicted molar refractivity (Wildman–Crippen MR) is 111 cm³/mol. The molecule has 0 N–H and O–H groups in total. The molecular weight excluding hydrogens is 396 g/mol. The van der Waals surface area contributed by atoms with E-state index in [4.69, 9.17) is 4.74 Å². The third kappa shape index (κ3) is 4.45. The molecule has 1 fully saturated rings. The Morgan fingerprint density at radius 3 is 2.61 bits per heavy atom. The number of amides is 1. The Kier molecular flexibility index (Phi) is 6.52. The summed E-state index contributed by atoms with van der Waals surface area (Å²) in [4.78, 5) is 14.4. The first-order valence-corrected chi connectivity index (χ1v) is 11.8. The maximum Gasteiger partial charge on any atom is 0.267 e. The number of hydrogen-bond acceptors (Lipinski definition) is 5. The van der Waals surface area contributed by atoms with Crippen molar-refractivity contribution < 1.29 is 17.9 Å². The van der Waals surface area contributed by atoms with Crippen LogP contribution in [-0.4, -0.2) is 48.2 Å². The fraction of sp³-hybridized carbons (Fsp3) is 0.450. The number of ether oxygens (including phenoxy) is 1. The molecule has 6 nitrogen and oxygen atoms in total. The van der Waals surface area contributed by atoms with Crippen LogP contribution in [0.5, 0.6) is 0 Å². The third-order valence-corrected chi connectivity index (χ3v) is 7.48. The lowest BCUT2D eigenvalue weighted by molar-refractivity contribution is -0.128. The predicted octanol–water partition coefficient (Wildman–Crippen LogP) is 3.42. The summed E-state index contributed by atoms with van der Waals surface area (Å²) in [6.07, 6.45) is 2.41. The van der Waals surface area contributed by atoms with Gasteiger partial charge in [-0.3, -0.25) is 4.79 Å². The lowest BCUT2D eigenvalue weighted by Crippen LogP contribution is -2.31. The highest BCUT2D eigenvalue weighted by molar-refractivity contribution is 8.00. The van der Waals surface area contributed by atoms with E-state index >= 15 is 0 Å². The first-order valence-electron chi connectivity index (χ1n) is 9.33. The van der Waals surface area contributed by atoms with Crippen LogP contribution in [0.1, 0.15) is 36.9 Å². The molecule has 0 radical (unpaired) electrons. The molecule has 0 bridgehead atoms. The van der Waals surface area contributed by atoms with Crippen LogP contribution < -0.4 is 0 Å². The summed E-state index contributed by atoms with van der Waals surface area (Å²) in [6, 6.07) is 10.3. The van der Waals surface area contributed by atoms with Gasteiger partial charge in [-0.05, 0) is 51.5 Å². The molecule has 3 rings (SSSR count). The van der Waals surface area contributed by atoms with E-state index in [0.717, 1.165) is 5.56 Å². The molecule has 1 amide bonds. The van der Waals surface area contributed by atoms with E-state index in [-0.39, 0.29) is 22.3 Å². The molecule has 1 saturated heterocycles. The van der Waals surface area contributed by atoms with Crippen molar-refractivity contribution in [2.45, 2.75) is 43.6 Å². The number of carbonyl (C=O) groups is 1. The van der Waals surface area contributed by atoms with Gasteiger partial charge in [0.2, 0.25) is 5.91 Å². The van der Waals surface area contributed by atoms with Crippen LogP contribution >= 0.6 is 11.8 Å². The topological polar surface area (TPSA) is 68.6 Å². The van der Waals surface area contributed by atoms with Gasteiger partial charge in [-0.1, -0.05) is 17.7 Å². The van der Waals surface area contributed by atoms with Crippen LogP contribution in [0.15, 0.2) is 47.5 Å². The zero-order valence-electron chi connectivity index (χ0n) is 16.4. The van der Waals surface area contributed by atoms with Gasteiger partial charge in [0.1, 0.15) is 5.37 Å². The molecule has 1 aliphatic heterocycles. The Balaban J connectivity index is 1.83. The van der Waals surface area contributed by atoms with E-state index in [2.05, 4.69) is 0 Å². The maximum atomic E-state index is 13.1. The molecule has 28 heavy (non-hydrogen) atoms. The zero-order chi connectivity index (χ0) is 20.3. The summed E-state index contributed by atoms with van der Waals surface area (Å²) in [6.45, 7) is 6.98. The first-order chi connectivity index (χ1) is 13.3. The minimum absolute atomic E-state index is 0.0278. The summed E-state index contributed by atoms with van der Waals surface area (Å²) in [7, 11) is -3.72. The SMILES string of the molecule is Cc1ccc(S(=O)(=O)n2cccc2C2SCC(=O)N2CCCOC(C)C)cc1. The normalized spacial score (nSPS) is 17.6. The average molecular weight is 423 g/mol. The summed E-state index contributed by atoms with van der Waals surface area (Å²) in [5.41, 5.74) is 1.60. The second kappa shape index (κ2) is 8.71. The van der Waals surface area contributed by atoms with E-state index in [1.807, 2.05) is 20.8 Å². The number of aromatic nitrogens is 1. The number of benzene rings is 1. The van der Waals surface area contributed by atoms with Crippen LogP contribution in [0.3, 0.4) is 0 Å². The monoisotopic (exact) mass is 422 g/mol. The summed E-state index contributed by atoms with van der Waals surface area (Å²) >= 11 is 1.46. The minimum Gasteiger partial charge on any atom is -0.379 e. The molecule has 0 aliphatic carbocycles. The Hall–Kier alpha value is -1.77. The highest BCUT2D eigenvalue weighted by Crippen LogP contribution is 2.39. The van der Waals surface area contributed by atoms with E-state index in [0.29, 0.717) is 31.0 Å². The molecule has 0 spiro atoms. The van der Waals surface area contributed by atoms with Gasteiger partial charge in [-0.15, -0.1) is 11.8 Å². The van der Waals surface area contributed by atoms with Gasteiger partial charge in [0.05, 0.1) is 22.4 Å². The van der Waals surface area contributed by atoms with Crippen molar-refractivity contribution in [1.82, 2.24) is 8.87 Å². The third-order valence-electron chi connectivity index (χ3n) is 4.54. The van der Waals surface area contributed by atoms with Crippen LogP contribution in [0.4, 0.5) is 0 Å². The highest BCUT2D eigenvalue weighted by atomic mass is 32.2. The van der Waals surface area contributed by atoms with Gasteiger partial charge in [-0.2, -0.15) is 0 Å². The second-order valence-electron chi connectivity index (χ2n) is 7.07. The summed E-state index contributed by atoms with van der Waals surface area (Å²) in [5.74, 6) is 0.380. The molecule has 2 aromatic rings. The second-order valence-corrected chi connectivity index (χ2v) is 9.95. The molecule has 152 valence electrons. The van der Waals surface area contributed by atoms with Gasteiger partial charge >= 0.3 is 0 Å². The van der Waals surface area contributed by atoms with Crippen molar-refractivity contribution in [3.8, 4) is 0 Å². The molecule has 8 heteroatoms. The van der Waals surface area contributed by atoms with E-state index in [1.165, 1.54) is 15.7 Å². The Morgan fingerprint density at radius 2 is 1.93 bits per heavy atom. The molecule has 1 unspecified atom stereocenters. The van der Waals surface area contributed by atoms with Crippen LogP contribution in [0, 0.1) is 6.92 Å². The van der Waals surface area contributed by atoms with E-state index in [1.54, 1.807) is 47.5 Å². The van der Waals surface area contributed by atoms with Crippen molar-refractivity contribution in [3.05, 3.63) is 53.9 Å². The molecule has 0 saturated carbocycles. The largest absolute Gasteiger partial charge is 0.379 e. The van der Waals surface area contributed by atoms with Crippen LogP contribution in [0.2, 0.25) is 0 Å². The highest BCUT2D eigenvalue weighted by Gasteiger charge is 2.36. The number of carbonyl (C=O) groups excluding carboxylic acids is 1. The Labute approximate surface area is 170 Å². The van der Waals surface area contributed by atoms with Gasteiger partial charge in [0, 0.05) is 19.3 Å². The fourth-order valence-corrected chi connectivity index (χ4v) is 5.78. The van der Waals surface area contributed by atoms with Crippen molar-refractivity contribution in [2.75, 3.05) is 18.9 Å². The number of hydrogen-bond donors (Lipinski definition) is 0. The zero-order valence-corrected chi connectivity index (χ0v) is 18.0. The number of thioether (sulfide) groups is 1. The maximum absolute atomic E-state index is 13.1. The van der Waals surface area contributed by atoms with E-state index in [9.17, 15) is 13.2 Å².